The molecule has 1 amide bonds. The van der Waals surface area contributed by atoms with Crippen molar-refractivity contribution < 1.29 is 9.53 Å². The number of aromatic amines is 1. The molecule has 0 spiro atoms. The molecule has 7 nitrogen and oxygen atoms in total. The van der Waals surface area contributed by atoms with Crippen LogP contribution >= 0.6 is 11.8 Å². The lowest BCUT2D eigenvalue weighted by molar-refractivity contribution is -0.118. The largest absolute Gasteiger partial charge is 0.475 e. The zero-order valence-electron chi connectivity index (χ0n) is 16.8. The predicted molar refractivity (Wildman–Crippen MR) is 117 cm³/mol. The van der Waals surface area contributed by atoms with Crippen LogP contribution in [0.25, 0.3) is 22.2 Å². The molecule has 3 aromatic rings. The van der Waals surface area contributed by atoms with Gasteiger partial charge in [-0.3, -0.25) is 9.89 Å². The summed E-state index contributed by atoms with van der Waals surface area (Å²) < 4.78 is 5.20. The molecule has 1 atom stereocenters. The van der Waals surface area contributed by atoms with Gasteiger partial charge in [0.05, 0.1) is 11.6 Å². The number of H-pyrrole nitrogens is 1. The number of fused-ring (bicyclic) bond motifs is 1. The van der Waals surface area contributed by atoms with E-state index in [4.69, 9.17) is 4.74 Å². The van der Waals surface area contributed by atoms with E-state index in [1.807, 2.05) is 50.4 Å². The van der Waals surface area contributed by atoms with E-state index in [0.717, 1.165) is 40.8 Å². The van der Waals surface area contributed by atoms with Crippen LogP contribution in [-0.4, -0.2) is 51.3 Å². The molecule has 1 aliphatic heterocycles. The van der Waals surface area contributed by atoms with E-state index in [1.54, 1.807) is 18.0 Å². The molecule has 1 aliphatic rings. The molecule has 0 aliphatic carbocycles. The van der Waals surface area contributed by atoms with Crippen LogP contribution in [0.4, 0.5) is 5.69 Å². The third-order valence-electron chi connectivity index (χ3n) is 5.11. The number of amides is 1. The summed E-state index contributed by atoms with van der Waals surface area (Å²) in [5.74, 6) is 0.625. The molecule has 4 rings (SSSR count). The van der Waals surface area contributed by atoms with Crippen LogP contribution in [0.15, 0.2) is 36.5 Å². The lowest BCUT2D eigenvalue weighted by Gasteiger charge is -2.24. The number of ether oxygens (including phenoxy) is 1. The number of carbonyl (C=O) groups excluding carboxylic acids is 1. The van der Waals surface area contributed by atoms with Crippen molar-refractivity contribution in [1.29, 1.82) is 0 Å². The highest BCUT2D eigenvalue weighted by Gasteiger charge is 2.40. The van der Waals surface area contributed by atoms with Crippen LogP contribution < -0.4 is 15.4 Å². The van der Waals surface area contributed by atoms with Crippen molar-refractivity contribution in [3.8, 4) is 17.1 Å². The molecule has 1 aromatic carbocycles. The maximum atomic E-state index is 12.9. The summed E-state index contributed by atoms with van der Waals surface area (Å²) in [6, 6.07) is 9.58. The molecule has 3 N–H and O–H groups in total. The highest BCUT2D eigenvalue weighted by atomic mass is 32.2. The molecular weight excluding hydrogens is 386 g/mol. The third kappa shape index (κ3) is 3.95. The number of hydrogen-bond acceptors (Lipinski definition) is 6. The van der Waals surface area contributed by atoms with Gasteiger partial charge in [-0.1, -0.05) is 0 Å². The van der Waals surface area contributed by atoms with E-state index in [2.05, 4.69) is 25.8 Å². The number of anilines is 1. The van der Waals surface area contributed by atoms with E-state index in [0.29, 0.717) is 12.4 Å². The van der Waals surface area contributed by atoms with Gasteiger partial charge in [-0.2, -0.15) is 5.10 Å². The molecule has 3 heterocycles. The monoisotopic (exact) mass is 411 g/mol. The minimum atomic E-state index is -0.412. The third-order valence-corrected chi connectivity index (χ3v) is 6.42. The molecule has 1 fully saturated rings. The lowest BCUT2D eigenvalue weighted by Crippen LogP contribution is -2.41. The summed E-state index contributed by atoms with van der Waals surface area (Å²) in [6.45, 7) is 5.49. The minimum Gasteiger partial charge on any atom is -0.475 e. The van der Waals surface area contributed by atoms with E-state index in [-0.39, 0.29) is 12.0 Å². The highest BCUT2D eigenvalue weighted by molar-refractivity contribution is 8.00. The molecule has 0 radical (unpaired) electrons. The van der Waals surface area contributed by atoms with Gasteiger partial charge in [0.1, 0.15) is 10.4 Å². The SMILES string of the molecule is CS[C@@]1(C(=O)Nc2ccc3[nH]nc(-c4ccc(OC(C)C)nc4)c3c2)CCNC1. The van der Waals surface area contributed by atoms with Crippen molar-refractivity contribution in [2.24, 2.45) is 0 Å². The van der Waals surface area contributed by atoms with Gasteiger partial charge in [0.15, 0.2) is 0 Å². The zero-order valence-corrected chi connectivity index (χ0v) is 17.6. The predicted octanol–water partition coefficient (Wildman–Crippen LogP) is 3.45. The van der Waals surface area contributed by atoms with E-state index in [9.17, 15) is 4.79 Å². The molecule has 2 aromatic heterocycles. The second-order valence-corrected chi connectivity index (χ2v) is 8.65. The van der Waals surface area contributed by atoms with Gasteiger partial charge < -0.3 is 15.4 Å². The Bertz CT molecular complexity index is 1010. The first kappa shape index (κ1) is 19.7. The minimum absolute atomic E-state index is 0.0382. The van der Waals surface area contributed by atoms with Crippen molar-refractivity contribution >= 4 is 34.3 Å². The van der Waals surface area contributed by atoms with Crippen LogP contribution in [0.3, 0.4) is 0 Å². The summed E-state index contributed by atoms with van der Waals surface area (Å²) in [5.41, 5.74) is 3.35. The Balaban J connectivity index is 1.60. The average Bonchev–Trinajstić information content (AvgIpc) is 3.36. The Labute approximate surface area is 174 Å². The van der Waals surface area contributed by atoms with Crippen molar-refractivity contribution in [3.05, 3.63) is 36.5 Å². The van der Waals surface area contributed by atoms with Gasteiger partial charge in [-0.15, -0.1) is 11.8 Å². The van der Waals surface area contributed by atoms with Crippen LogP contribution in [0.5, 0.6) is 5.88 Å². The number of thioether (sulfide) groups is 1. The number of rotatable bonds is 6. The summed E-state index contributed by atoms with van der Waals surface area (Å²) in [4.78, 5) is 17.3. The van der Waals surface area contributed by atoms with E-state index in [1.165, 1.54) is 0 Å². The van der Waals surface area contributed by atoms with E-state index >= 15 is 0 Å². The number of aromatic nitrogens is 3. The Morgan fingerprint density at radius 1 is 1.31 bits per heavy atom. The van der Waals surface area contributed by atoms with Crippen LogP contribution in [0.2, 0.25) is 0 Å². The van der Waals surface area contributed by atoms with Gasteiger partial charge in [-0.25, -0.2) is 4.98 Å². The zero-order chi connectivity index (χ0) is 20.4. The number of hydrogen-bond donors (Lipinski definition) is 3. The van der Waals surface area contributed by atoms with Gasteiger partial charge in [0.25, 0.3) is 0 Å². The Morgan fingerprint density at radius 3 is 2.83 bits per heavy atom. The molecule has 8 heteroatoms. The van der Waals surface area contributed by atoms with Gasteiger partial charge in [-0.05, 0) is 57.3 Å². The molecule has 0 unspecified atom stereocenters. The first-order chi connectivity index (χ1) is 14.0. The fourth-order valence-corrected chi connectivity index (χ4v) is 4.31. The first-order valence-corrected chi connectivity index (χ1v) is 10.9. The Morgan fingerprint density at radius 2 is 2.17 bits per heavy atom. The maximum absolute atomic E-state index is 12.9. The first-order valence-electron chi connectivity index (χ1n) is 9.69. The number of pyridine rings is 1. The quantitative estimate of drug-likeness (QED) is 0.575. The molecule has 0 bridgehead atoms. The van der Waals surface area contributed by atoms with Gasteiger partial charge in [0, 0.05) is 35.4 Å². The number of nitrogens with zero attached hydrogens (tertiary/aromatic N) is 2. The van der Waals surface area contributed by atoms with Crippen molar-refractivity contribution in [1.82, 2.24) is 20.5 Å². The second-order valence-electron chi connectivity index (χ2n) is 7.46. The van der Waals surface area contributed by atoms with Crippen molar-refractivity contribution in [2.45, 2.75) is 31.1 Å². The highest BCUT2D eigenvalue weighted by Crippen LogP contribution is 2.33. The Hall–Kier alpha value is -2.58. The molecule has 29 heavy (non-hydrogen) atoms. The fraction of sp³-hybridized carbons (Fsp3) is 0.381. The van der Waals surface area contributed by atoms with Crippen LogP contribution in [0.1, 0.15) is 20.3 Å². The Kier molecular flexibility index (Phi) is 5.47. The van der Waals surface area contributed by atoms with Crippen LogP contribution in [0, 0.1) is 0 Å². The molecule has 152 valence electrons. The lowest BCUT2D eigenvalue weighted by atomic mass is 10.1. The van der Waals surface area contributed by atoms with Gasteiger partial charge >= 0.3 is 0 Å². The van der Waals surface area contributed by atoms with Gasteiger partial charge in [0.2, 0.25) is 11.8 Å². The van der Waals surface area contributed by atoms with Crippen LogP contribution in [-0.2, 0) is 4.79 Å². The summed E-state index contributed by atoms with van der Waals surface area (Å²) in [6.07, 6.45) is 4.65. The standard InChI is InChI=1S/C21H25N5O2S/c1-13(2)28-18-7-4-14(11-23-18)19-16-10-15(5-6-17(16)25-26-19)24-20(27)21(29-3)8-9-22-12-21/h4-7,10-11,13,22H,8-9,12H2,1-3H3,(H,24,27)(H,25,26)/t21-/m0/s1. The maximum Gasteiger partial charge on any atom is 0.241 e. The summed E-state index contributed by atoms with van der Waals surface area (Å²) in [5, 5.41) is 14.8. The number of carbonyl (C=O) groups is 1. The smallest absolute Gasteiger partial charge is 0.241 e. The van der Waals surface area contributed by atoms with E-state index < -0.39 is 4.75 Å². The fourth-order valence-electron chi connectivity index (χ4n) is 3.52. The second kappa shape index (κ2) is 8.04. The normalized spacial score (nSPS) is 19.0. The molecular formula is C21H25N5O2S. The number of benzene rings is 1. The topological polar surface area (TPSA) is 91.9 Å². The van der Waals surface area contributed by atoms with Crippen molar-refractivity contribution in [3.63, 3.8) is 0 Å². The molecule has 1 saturated heterocycles. The molecule has 0 saturated carbocycles. The van der Waals surface area contributed by atoms with Crippen molar-refractivity contribution in [2.75, 3.05) is 24.7 Å². The summed E-state index contributed by atoms with van der Waals surface area (Å²) in [7, 11) is 0. The summed E-state index contributed by atoms with van der Waals surface area (Å²) >= 11 is 1.60. The number of nitrogens with one attached hydrogen (secondary N) is 3. The average molecular weight is 412 g/mol.